The molecule has 0 radical (unpaired) electrons. The lowest BCUT2D eigenvalue weighted by atomic mass is 10.1. The smallest absolute Gasteiger partial charge is 0.308 e. The third-order valence-corrected chi connectivity index (χ3v) is 2.42. The average molecular weight is 239 g/mol. The molecular formula is C7H13NO6S. The van der Waals surface area contributed by atoms with Gasteiger partial charge in [0.25, 0.3) is 10.1 Å². The number of rotatable bonds is 6. The molecule has 0 aliphatic rings. The molecule has 1 unspecified atom stereocenters. The van der Waals surface area contributed by atoms with Crippen molar-refractivity contribution in [2.24, 2.45) is 5.92 Å². The van der Waals surface area contributed by atoms with Crippen LogP contribution < -0.4 is 5.32 Å². The van der Waals surface area contributed by atoms with Crippen molar-refractivity contribution in [1.82, 2.24) is 5.32 Å². The van der Waals surface area contributed by atoms with Crippen molar-refractivity contribution in [3.63, 3.8) is 0 Å². The standard InChI is InChI=1S/C7H13NO6S/c1-5(9)8-4-6(7(10)11)2-3-15(12,13)14/h6H,2-4H2,1H3,(H,8,9)(H,10,11)(H,12,13,14). The minimum absolute atomic E-state index is 0.153. The molecule has 1 amide bonds. The van der Waals surface area contributed by atoms with Crippen LogP contribution >= 0.6 is 0 Å². The van der Waals surface area contributed by atoms with Gasteiger partial charge in [-0.2, -0.15) is 8.42 Å². The van der Waals surface area contributed by atoms with Gasteiger partial charge in [0.05, 0.1) is 11.7 Å². The fourth-order valence-corrected chi connectivity index (χ4v) is 1.45. The maximum absolute atomic E-state index is 10.6. The fraction of sp³-hybridized carbons (Fsp3) is 0.714. The lowest BCUT2D eigenvalue weighted by Gasteiger charge is -2.11. The second kappa shape index (κ2) is 5.66. The van der Waals surface area contributed by atoms with Gasteiger partial charge in [-0.1, -0.05) is 0 Å². The zero-order valence-electron chi connectivity index (χ0n) is 8.13. The maximum Gasteiger partial charge on any atom is 0.308 e. The molecule has 0 fully saturated rings. The first-order valence-electron chi connectivity index (χ1n) is 4.15. The normalized spacial score (nSPS) is 13.2. The second-order valence-electron chi connectivity index (χ2n) is 3.05. The summed E-state index contributed by atoms with van der Waals surface area (Å²) in [7, 11) is -4.17. The highest BCUT2D eigenvalue weighted by Gasteiger charge is 2.20. The van der Waals surface area contributed by atoms with Crippen molar-refractivity contribution in [2.75, 3.05) is 12.3 Å². The average Bonchev–Trinajstić information content (AvgIpc) is 2.00. The van der Waals surface area contributed by atoms with Gasteiger partial charge in [-0.3, -0.25) is 14.1 Å². The van der Waals surface area contributed by atoms with Crippen LogP contribution in [0.2, 0.25) is 0 Å². The molecule has 88 valence electrons. The van der Waals surface area contributed by atoms with E-state index in [0.717, 1.165) is 0 Å². The molecule has 15 heavy (non-hydrogen) atoms. The molecule has 0 saturated carbocycles. The lowest BCUT2D eigenvalue weighted by Crippen LogP contribution is -2.32. The lowest BCUT2D eigenvalue weighted by molar-refractivity contribution is -0.141. The Morgan fingerprint density at radius 3 is 2.27 bits per heavy atom. The molecule has 0 bridgehead atoms. The van der Waals surface area contributed by atoms with E-state index in [1.165, 1.54) is 6.92 Å². The number of hydrogen-bond acceptors (Lipinski definition) is 4. The van der Waals surface area contributed by atoms with Gasteiger partial charge in [-0.05, 0) is 6.42 Å². The molecular weight excluding hydrogens is 226 g/mol. The van der Waals surface area contributed by atoms with Crippen LogP contribution in [0.25, 0.3) is 0 Å². The molecule has 0 aromatic carbocycles. The number of carbonyl (C=O) groups is 2. The number of hydrogen-bond donors (Lipinski definition) is 3. The monoisotopic (exact) mass is 239 g/mol. The molecule has 0 spiro atoms. The summed E-state index contributed by atoms with van der Waals surface area (Å²) in [6, 6.07) is 0. The third kappa shape index (κ3) is 7.89. The van der Waals surface area contributed by atoms with Crippen LogP contribution in [0.4, 0.5) is 0 Å². The summed E-state index contributed by atoms with van der Waals surface area (Å²) < 4.78 is 29.2. The van der Waals surface area contributed by atoms with E-state index < -0.39 is 33.7 Å². The van der Waals surface area contributed by atoms with Gasteiger partial charge >= 0.3 is 5.97 Å². The van der Waals surface area contributed by atoms with Gasteiger partial charge < -0.3 is 10.4 Å². The van der Waals surface area contributed by atoms with Crippen molar-refractivity contribution in [3.8, 4) is 0 Å². The number of aliphatic carboxylic acids is 1. The minimum Gasteiger partial charge on any atom is -0.481 e. The molecule has 7 nitrogen and oxygen atoms in total. The molecule has 3 N–H and O–H groups in total. The van der Waals surface area contributed by atoms with Gasteiger partial charge in [0, 0.05) is 13.5 Å². The Balaban J connectivity index is 4.17. The number of carboxylic acids is 1. The van der Waals surface area contributed by atoms with Crippen LogP contribution in [0.15, 0.2) is 0 Å². The van der Waals surface area contributed by atoms with E-state index in [9.17, 15) is 18.0 Å². The van der Waals surface area contributed by atoms with Crippen LogP contribution in [-0.2, 0) is 19.7 Å². The zero-order chi connectivity index (χ0) is 12.1. The van der Waals surface area contributed by atoms with Gasteiger partial charge in [0.1, 0.15) is 0 Å². The van der Waals surface area contributed by atoms with Gasteiger partial charge in [0.15, 0.2) is 0 Å². The summed E-state index contributed by atoms with van der Waals surface area (Å²) in [5.41, 5.74) is 0. The van der Waals surface area contributed by atoms with E-state index >= 15 is 0 Å². The van der Waals surface area contributed by atoms with Crippen molar-refractivity contribution >= 4 is 22.0 Å². The highest BCUT2D eigenvalue weighted by molar-refractivity contribution is 7.85. The quantitative estimate of drug-likeness (QED) is 0.516. The first-order chi connectivity index (χ1) is 6.72. The Morgan fingerprint density at radius 1 is 1.40 bits per heavy atom. The van der Waals surface area contributed by atoms with Gasteiger partial charge in [-0.25, -0.2) is 0 Å². The summed E-state index contributed by atoms with van der Waals surface area (Å²) in [5, 5.41) is 10.9. The first-order valence-corrected chi connectivity index (χ1v) is 5.75. The van der Waals surface area contributed by atoms with E-state index in [1.807, 2.05) is 0 Å². The number of carbonyl (C=O) groups excluding carboxylic acids is 1. The molecule has 1 atom stereocenters. The summed E-state index contributed by atoms with van der Waals surface area (Å²) >= 11 is 0. The summed E-state index contributed by atoms with van der Waals surface area (Å²) in [6.07, 6.45) is -0.242. The van der Waals surface area contributed by atoms with Gasteiger partial charge in [0.2, 0.25) is 5.91 Å². The van der Waals surface area contributed by atoms with Crippen LogP contribution in [0.3, 0.4) is 0 Å². The van der Waals surface area contributed by atoms with Crippen LogP contribution in [0.5, 0.6) is 0 Å². The van der Waals surface area contributed by atoms with E-state index in [4.69, 9.17) is 9.66 Å². The van der Waals surface area contributed by atoms with Crippen molar-refractivity contribution in [2.45, 2.75) is 13.3 Å². The largest absolute Gasteiger partial charge is 0.481 e. The minimum atomic E-state index is -4.17. The Morgan fingerprint density at radius 2 is 1.93 bits per heavy atom. The molecule has 0 aliphatic heterocycles. The van der Waals surface area contributed by atoms with Crippen LogP contribution in [0.1, 0.15) is 13.3 Å². The highest BCUT2D eigenvalue weighted by Crippen LogP contribution is 2.04. The molecule has 0 aromatic rings. The second-order valence-corrected chi connectivity index (χ2v) is 4.62. The predicted octanol–water partition coefficient (Wildman–Crippen LogP) is -0.899. The molecule has 0 aliphatic carbocycles. The van der Waals surface area contributed by atoms with Gasteiger partial charge in [-0.15, -0.1) is 0 Å². The molecule has 0 rings (SSSR count). The highest BCUT2D eigenvalue weighted by atomic mass is 32.2. The number of carboxylic acid groups (broad SMARTS) is 1. The Bertz CT molecular complexity index is 335. The number of amides is 1. The predicted molar refractivity (Wildman–Crippen MR) is 50.8 cm³/mol. The Kier molecular flexibility index (Phi) is 5.23. The topological polar surface area (TPSA) is 121 Å². The van der Waals surface area contributed by atoms with Crippen LogP contribution in [-0.4, -0.2) is 42.3 Å². The molecule has 0 heterocycles. The first kappa shape index (κ1) is 13.8. The Hall–Kier alpha value is -1.15. The SMILES string of the molecule is CC(=O)NCC(CCS(=O)(=O)O)C(=O)O. The molecule has 0 saturated heterocycles. The van der Waals surface area contributed by atoms with E-state index in [0.29, 0.717) is 0 Å². The maximum atomic E-state index is 10.6. The zero-order valence-corrected chi connectivity index (χ0v) is 8.95. The van der Waals surface area contributed by atoms with E-state index in [-0.39, 0.29) is 13.0 Å². The molecule has 0 aromatic heterocycles. The van der Waals surface area contributed by atoms with Crippen LogP contribution in [0, 0.1) is 5.92 Å². The third-order valence-electron chi connectivity index (χ3n) is 1.67. The van der Waals surface area contributed by atoms with E-state index in [2.05, 4.69) is 5.32 Å². The van der Waals surface area contributed by atoms with E-state index in [1.54, 1.807) is 0 Å². The molecule has 8 heteroatoms. The summed E-state index contributed by atoms with van der Waals surface area (Å²) in [5.74, 6) is -3.26. The fourth-order valence-electron chi connectivity index (χ4n) is 0.871. The summed E-state index contributed by atoms with van der Waals surface area (Å²) in [4.78, 5) is 21.1. The van der Waals surface area contributed by atoms with Crippen molar-refractivity contribution < 1.29 is 27.7 Å². The Labute approximate surface area is 87.2 Å². The van der Waals surface area contributed by atoms with Crippen molar-refractivity contribution in [1.29, 1.82) is 0 Å². The van der Waals surface area contributed by atoms with Crippen molar-refractivity contribution in [3.05, 3.63) is 0 Å². The number of nitrogens with one attached hydrogen (secondary N) is 1. The summed E-state index contributed by atoms with van der Waals surface area (Å²) in [6.45, 7) is 1.07.